The third kappa shape index (κ3) is 2.26. The second kappa shape index (κ2) is 5.65. The molecule has 1 saturated carbocycles. The average molecular weight is 315 g/mol. The first-order valence-corrected chi connectivity index (χ1v) is 9.00. The second-order valence-electron chi connectivity index (χ2n) is 6.88. The lowest BCUT2D eigenvalue weighted by Gasteiger charge is -2.13. The summed E-state index contributed by atoms with van der Waals surface area (Å²) in [5.41, 5.74) is 0.937. The highest BCUT2D eigenvalue weighted by Crippen LogP contribution is 2.37. The van der Waals surface area contributed by atoms with Crippen LogP contribution in [0.15, 0.2) is 4.79 Å². The Bertz CT molecular complexity index is 740. The molecular weight excluding hydrogens is 290 g/mol. The highest BCUT2D eigenvalue weighted by Gasteiger charge is 2.32. The van der Waals surface area contributed by atoms with Crippen molar-refractivity contribution in [1.82, 2.24) is 19.1 Å². The van der Waals surface area contributed by atoms with Gasteiger partial charge in [-0.1, -0.05) is 26.7 Å². The molecule has 1 aliphatic carbocycles. The highest BCUT2D eigenvalue weighted by atomic mass is 16.1. The van der Waals surface area contributed by atoms with E-state index in [4.69, 9.17) is 9.97 Å². The van der Waals surface area contributed by atoms with Gasteiger partial charge in [-0.05, 0) is 25.7 Å². The Kier molecular flexibility index (Phi) is 3.62. The van der Waals surface area contributed by atoms with E-state index in [1.54, 1.807) is 0 Å². The summed E-state index contributed by atoms with van der Waals surface area (Å²) >= 11 is 0. The van der Waals surface area contributed by atoms with E-state index in [2.05, 4.69) is 19.2 Å². The number of aromatic nitrogens is 4. The molecule has 4 aliphatic rings. The van der Waals surface area contributed by atoms with Gasteiger partial charge < -0.3 is 5.32 Å². The van der Waals surface area contributed by atoms with E-state index in [0.717, 1.165) is 42.5 Å². The van der Waals surface area contributed by atoms with Gasteiger partial charge in [0.2, 0.25) is 0 Å². The molecule has 6 heteroatoms. The second-order valence-corrected chi connectivity index (χ2v) is 6.88. The van der Waals surface area contributed by atoms with E-state index in [-0.39, 0.29) is 5.69 Å². The molecular formula is C17H25N5O. The normalized spacial score (nSPS) is 21.0. The molecule has 1 N–H and O–H groups in total. The lowest BCUT2D eigenvalue weighted by atomic mass is 10.1. The van der Waals surface area contributed by atoms with Crippen molar-refractivity contribution in [3.63, 3.8) is 0 Å². The molecule has 0 aromatic rings. The number of nitrogens with one attached hydrogen (secondary N) is 1. The summed E-state index contributed by atoms with van der Waals surface area (Å²) in [6, 6.07) is 0.315. The van der Waals surface area contributed by atoms with Gasteiger partial charge in [-0.3, -0.25) is 9.13 Å². The molecule has 0 unspecified atom stereocenters. The predicted molar refractivity (Wildman–Crippen MR) is 90.1 cm³/mol. The summed E-state index contributed by atoms with van der Waals surface area (Å²) in [5.74, 6) is 3.06. The minimum Gasteiger partial charge on any atom is -0.365 e. The van der Waals surface area contributed by atoms with Crippen LogP contribution in [0.4, 0.5) is 5.82 Å². The molecule has 0 amide bonds. The summed E-state index contributed by atoms with van der Waals surface area (Å²) in [6.45, 7) is 5.68. The number of hydrogen-bond acceptors (Lipinski definition) is 4. The molecule has 1 atom stereocenters. The van der Waals surface area contributed by atoms with Crippen molar-refractivity contribution in [1.29, 1.82) is 0 Å². The molecule has 1 fully saturated rings. The largest absolute Gasteiger partial charge is 0.365 e. The molecule has 4 rings (SSSR count). The van der Waals surface area contributed by atoms with Crippen LogP contribution in [0.5, 0.6) is 0 Å². The van der Waals surface area contributed by atoms with Crippen molar-refractivity contribution in [3.8, 4) is 11.5 Å². The molecule has 0 saturated heterocycles. The first kappa shape index (κ1) is 14.7. The van der Waals surface area contributed by atoms with Crippen LogP contribution >= 0.6 is 0 Å². The maximum Gasteiger partial charge on any atom is 0.331 e. The minimum atomic E-state index is 0.0515. The number of hydrogen-bond donors (Lipinski definition) is 1. The zero-order valence-corrected chi connectivity index (χ0v) is 14.0. The number of imidazole rings is 1. The van der Waals surface area contributed by atoms with E-state index in [1.165, 1.54) is 25.7 Å². The molecule has 3 heterocycles. The third-order valence-electron chi connectivity index (χ3n) is 5.27. The Labute approximate surface area is 136 Å². The fraction of sp³-hybridized carbons (Fsp3) is 0.706. The molecule has 0 radical (unpaired) electrons. The fourth-order valence-corrected chi connectivity index (χ4v) is 3.96. The number of rotatable bonds is 4. The Morgan fingerprint density at radius 1 is 1.22 bits per heavy atom. The van der Waals surface area contributed by atoms with E-state index in [1.807, 2.05) is 9.13 Å². The smallest absolute Gasteiger partial charge is 0.331 e. The molecule has 0 aromatic carbocycles. The zero-order chi connectivity index (χ0) is 16.0. The summed E-state index contributed by atoms with van der Waals surface area (Å²) in [4.78, 5) is 22.5. The fourth-order valence-electron chi connectivity index (χ4n) is 3.96. The van der Waals surface area contributed by atoms with Gasteiger partial charge in [0, 0.05) is 25.0 Å². The number of fused-ring (bicyclic) bond motifs is 3. The molecule has 6 nitrogen and oxygen atoms in total. The lowest BCUT2D eigenvalue weighted by molar-refractivity contribution is 0.556. The topological polar surface area (TPSA) is 64.7 Å². The summed E-state index contributed by atoms with van der Waals surface area (Å²) < 4.78 is 3.68. The van der Waals surface area contributed by atoms with Gasteiger partial charge in [0.15, 0.2) is 5.82 Å². The van der Waals surface area contributed by atoms with Crippen molar-refractivity contribution in [2.24, 2.45) is 0 Å². The van der Waals surface area contributed by atoms with Crippen LogP contribution in [-0.4, -0.2) is 25.1 Å². The molecule has 0 bridgehead atoms. The van der Waals surface area contributed by atoms with Gasteiger partial charge in [-0.25, -0.2) is 14.8 Å². The van der Waals surface area contributed by atoms with Crippen molar-refractivity contribution in [2.45, 2.75) is 77.4 Å². The molecule has 0 aromatic heterocycles. The Morgan fingerprint density at radius 2 is 2.00 bits per heavy atom. The molecule has 0 spiro atoms. The monoisotopic (exact) mass is 315 g/mol. The van der Waals surface area contributed by atoms with Crippen molar-refractivity contribution in [2.75, 3.05) is 5.32 Å². The van der Waals surface area contributed by atoms with Crippen LogP contribution in [0, 0.1) is 0 Å². The van der Waals surface area contributed by atoms with Crippen molar-refractivity contribution >= 4 is 5.82 Å². The highest BCUT2D eigenvalue weighted by molar-refractivity contribution is 5.69. The van der Waals surface area contributed by atoms with Gasteiger partial charge in [-0.2, -0.15) is 0 Å². The quantitative estimate of drug-likeness (QED) is 0.942. The molecule has 124 valence electrons. The van der Waals surface area contributed by atoms with E-state index < -0.39 is 0 Å². The van der Waals surface area contributed by atoms with Crippen LogP contribution in [0.2, 0.25) is 0 Å². The number of anilines is 1. The van der Waals surface area contributed by atoms with Gasteiger partial charge in [0.1, 0.15) is 17.3 Å². The lowest BCUT2D eigenvalue weighted by Crippen LogP contribution is -2.32. The van der Waals surface area contributed by atoms with Crippen LogP contribution < -0.4 is 11.0 Å². The van der Waals surface area contributed by atoms with E-state index >= 15 is 0 Å². The first-order valence-electron chi connectivity index (χ1n) is 9.00. The summed E-state index contributed by atoms with van der Waals surface area (Å²) in [5, 5.41) is 3.49. The van der Waals surface area contributed by atoms with Crippen molar-refractivity contribution < 1.29 is 0 Å². The Morgan fingerprint density at radius 3 is 2.70 bits per heavy atom. The first-order chi connectivity index (χ1) is 11.2. The Balaban J connectivity index is 1.89. The predicted octanol–water partition coefficient (Wildman–Crippen LogP) is 2.82. The van der Waals surface area contributed by atoms with Crippen LogP contribution in [0.3, 0.4) is 0 Å². The van der Waals surface area contributed by atoms with Crippen LogP contribution in [0.25, 0.3) is 11.5 Å². The van der Waals surface area contributed by atoms with Crippen molar-refractivity contribution in [3.05, 3.63) is 16.3 Å². The molecule has 3 aliphatic heterocycles. The zero-order valence-electron chi connectivity index (χ0n) is 14.0. The summed E-state index contributed by atoms with van der Waals surface area (Å²) in [6.07, 6.45) is 6.80. The maximum absolute atomic E-state index is 12.9. The third-order valence-corrected chi connectivity index (χ3v) is 5.27. The minimum absolute atomic E-state index is 0.0515. The summed E-state index contributed by atoms with van der Waals surface area (Å²) in [7, 11) is 0. The van der Waals surface area contributed by atoms with Gasteiger partial charge in [0.25, 0.3) is 0 Å². The Hall–Kier alpha value is -1.85. The van der Waals surface area contributed by atoms with Gasteiger partial charge in [0.05, 0.1) is 0 Å². The van der Waals surface area contributed by atoms with E-state index in [9.17, 15) is 4.79 Å². The van der Waals surface area contributed by atoms with Gasteiger partial charge >= 0.3 is 5.69 Å². The number of nitrogens with zero attached hydrogens (tertiary/aromatic N) is 4. The van der Waals surface area contributed by atoms with E-state index in [0.29, 0.717) is 18.5 Å². The van der Waals surface area contributed by atoms with Crippen LogP contribution in [0.1, 0.15) is 64.1 Å². The SMILES string of the molecule is CCCn1c2nc(C3CCCC3)nc-2c2n(c1=O)C[C@H](CC)N2. The maximum atomic E-state index is 12.9. The standard InChI is InChI=1S/C17H25N5O/c1-3-9-21-16-13(19-14(20-16)11-7-5-6-8-11)15-18-12(4-2)10-22(15)17(21)23/h11-12,18H,3-10H2,1-2H3/t12-/m0/s1. The van der Waals surface area contributed by atoms with Crippen LogP contribution in [-0.2, 0) is 13.1 Å². The molecule has 23 heavy (non-hydrogen) atoms. The average Bonchev–Trinajstić information content (AvgIpc) is 3.28. The van der Waals surface area contributed by atoms with Gasteiger partial charge in [-0.15, -0.1) is 0 Å².